The summed E-state index contributed by atoms with van der Waals surface area (Å²) in [5.74, 6) is 0. The van der Waals surface area contributed by atoms with Crippen LogP contribution < -0.4 is 0 Å². The molecule has 2 heterocycles. The lowest BCUT2D eigenvalue weighted by atomic mass is 9.96. The van der Waals surface area contributed by atoms with E-state index in [1.54, 1.807) is 6.26 Å². The number of rotatable bonds is 3. The second kappa shape index (κ2) is 3.94. The smallest absolute Gasteiger partial charge is 0.124 e. The largest absolute Gasteiger partial charge is 0.389 e. The second-order valence-electron chi connectivity index (χ2n) is 4.77. The Morgan fingerprint density at radius 2 is 2.47 bits per heavy atom. The maximum absolute atomic E-state index is 10.0. The molecule has 1 atom stereocenters. The lowest BCUT2D eigenvalue weighted by Gasteiger charge is -2.33. The van der Waals surface area contributed by atoms with Crippen molar-refractivity contribution in [3.05, 3.63) is 18.0 Å². The fourth-order valence-corrected chi connectivity index (χ4v) is 2.34. The van der Waals surface area contributed by atoms with Gasteiger partial charge in [0.1, 0.15) is 6.26 Å². The van der Waals surface area contributed by atoms with Gasteiger partial charge in [0.2, 0.25) is 0 Å². The highest BCUT2D eigenvalue weighted by Crippen LogP contribution is 2.27. The van der Waals surface area contributed by atoms with E-state index in [1.165, 1.54) is 0 Å². The van der Waals surface area contributed by atoms with Gasteiger partial charge >= 0.3 is 0 Å². The highest BCUT2D eigenvalue weighted by molar-refractivity contribution is 4.99. The predicted molar refractivity (Wildman–Crippen MR) is 56.2 cm³/mol. The van der Waals surface area contributed by atoms with Gasteiger partial charge in [0.05, 0.1) is 11.3 Å². The highest BCUT2D eigenvalue weighted by atomic mass is 16.5. The first-order valence-corrected chi connectivity index (χ1v) is 5.43. The van der Waals surface area contributed by atoms with Crippen LogP contribution in [0.25, 0.3) is 0 Å². The van der Waals surface area contributed by atoms with E-state index in [0.717, 1.165) is 31.6 Å². The van der Waals surface area contributed by atoms with E-state index in [2.05, 4.69) is 10.1 Å². The number of aromatic nitrogens is 1. The Kier molecular flexibility index (Phi) is 2.80. The second-order valence-corrected chi connectivity index (χ2v) is 4.77. The molecule has 1 aromatic rings. The molecule has 1 saturated heterocycles. The van der Waals surface area contributed by atoms with E-state index in [-0.39, 0.29) is 6.04 Å². The molecule has 1 N–H and O–H groups in total. The van der Waals surface area contributed by atoms with Gasteiger partial charge in [-0.25, -0.2) is 0 Å². The van der Waals surface area contributed by atoms with Gasteiger partial charge in [0.15, 0.2) is 0 Å². The Bertz CT molecular complexity index is 303. The standard InChI is InChI=1S/C11H18N2O2/c1-11(2,14)10-4-3-6-13(10)8-9-5-7-15-12-9/h5,7,10,14H,3-4,6,8H2,1-2H3. The van der Waals surface area contributed by atoms with Gasteiger partial charge in [-0.1, -0.05) is 5.16 Å². The first kappa shape index (κ1) is 10.6. The number of aliphatic hydroxyl groups is 1. The third kappa shape index (κ3) is 2.38. The van der Waals surface area contributed by atoms with E-state index < -0.39 is 5.60 Å². The quantitative estimate of drug-likeness (QED) is 0.819. The first-order chi connectivity index (χ1) is 7.07. The lowest BCUT2D eigenvalue weighted by molar-refractivity contribution is -0.00560. The minimum absolute atomic E-state index is 0.231. The minimum Gasteiger partial charge on any atom is -0.389 e. The lowest BCUT2D eigenvalue weighted by Crippen LogP contribution is -2.45. The van der Waals surface area contributed by atoms with Crippen LogP contribution >= 0.6 is 0 Å². The molecule has 4 heteroatoms. The van der Waals surface area contributed by atoms with Crippen LogP contribution in [0.2, 0.25) is 0 Å². The van der Waals surface area contributed by atoms with E-state index in [0.29, 0.717) is 0 Å². The Labute approximate surface area is 89.9 Å². The van der Waals surface area contributed by atoms with E-state index >= 15 is 0 Å². The van der Waals surface area contributed by atoms with Gasteiger partial charge in [0.25, 0.3) is 0 Å². The number of nitrogens with zero attached hydrogens (tertiary/aromatic N) is 2. The molecule has 0 amide bonds. The summed E-state index contributed by atoms with van der Waals surface area (Å²) in [5.41, 5.74) is 0.298. The summed E-state index contributed by atoms with van der Waals surface area (Å²) in [7, 11) is 0. The summed E-state index contributed by atoms with van der Waals surface area (Å²) in [4.78, 5) is 2.28. The fraction of sp³-hybridized carbons (Fsp3) is 0.727. The Hall–Kier alpha value is -0.870. The average molecular weight is 210 g/mol. The van der Waals surface area contributed by atoms with E-state index in [1.807, 2.05) is 19.9 Å². The van der Waals surface area contributed by atoms with E-state index in [4.69, 9.17) is 4.52 Å². The molecular formula is C11H18N2O2. The zero-order valence-electron chi connectivity index (χ0n) is 9.31. The summed E-state index contributed by atoms with van der Waals surface area (Å²) in [6.45, 7) is 5.55. The van der Waals surface area contributed by atoms with Gasteiger partial charge in [-0.05, 0) is 33.2 Å². The zero-order chi connectivity index (χ0) is 10.9. The maximum Gasteiger partial charge on any atom is 0.124 e. The van der Waals surface area contributed by atoms with Crippen molar-refractivity contribution in [2.75, 3.05) is 6.54 Å². The van der Waals surface area contributed by atoms with Crippen molar-refractivity contribution in [3.63, 3.8) is 0 Å². The molecule has 0 saturated carbocycles. The summed E-state index contributed by atoms with van der Waals surface area (Å²) in [5, 5.41) is 13.9. The molecule has 1 aromatic heterocycles. The molecule has 0 aromatic carbocycles. The Morgan fingerprint density at radius 1 is 1.67 bits per heavy atom. The maximum atomic E-state index is 10.0. The summed E-state index contributed by atoms with van der Waals surface area (Å²) >= 11 is 0. The topological polar surface area (TPSA) is 49.5 Å². The van der Waals surface area contributed by atoms with Crippen LogP contribution in [0.1, 0.15) is 32.4 Å². The van der Waals surface area contributed by atoms with Crippen molar-refractivity contribution in [1.29, 1.82) is 0 Å². The average Bonchev–Trinajstić information content (AvgIpc) is 2.73. The van der Waals surface area contributed by atoms with Crippen molar-refractivity contribution >= 4 is 0 Å². The van der Waals surface area contributed by atoms with Crippen LogP contribution in [-0.4, -0.2) is 33.4 Å². The van der Waals surface area contributed by atoms with Crippen LogP contribution in [0.5, 0.6) is 0 Å². The Morgan fingerprint density at radius 3 is 3.07 bits per heavy atom. The third-order valence-corrected chi connectivity index (χ3v) is 3.04. The molecule has 84 valence electrons. The normalized spacial score (nSPS) is 23.5. The fourth-order valence-electron chi connectivity index (χ4n) is 2.34. The number of likely N-dealkylation sites (tertiary alicyclic amines) is 1. The van der Waals surface area contributed by atoms with Crippen molar-refractivity contribution in [1.82, 2.24) is 10.1 Å². The summed E-state index contributed by atoms with van der Waals surface area (Å²) < 4.78 is 4.81. The van der Waals surface area contributed by atoms with Gasteiger partial charge < -0.3 is 9.63 Å². The number of hydrogen-bond acceptors (Lipinski definition) is 4. The van der Waals surface area contributed by atoms with Crippen LogP contribution in [0.4, 0.5) is 0 Å². The zero-order valence-corrected chi connectivity index (χ0v) is 9.31. The molecule has 0 bridgehead atoms. The molecule has 4 nitrogen and oxygen atoms in total. The molecule has 1 fully saturated rings. The van der Waals surface area contributed by atoms with Crippen molar-refractivity contribution in [2.24, 2.45) is 0 Å². The van der Waals surface area contributed by atoms with Gasteiger partial charge in [0, 0.05) is 18.7 Å². The SMILES string of the molecule is CC(C)(O)C1CCCN1Cc1ccon1. The molecule has 1 aliphatic heterocycles. The third-order valence-electron chi connectivity index (χ3n) is 3.04. The van der Waals surface area contributed by atoms with Gasteiger partial charge in [-0.2, -0.15) is 0 Å². The molecule has 0 aliphatic carbocycles. The molecule has 15 heavy (non-hydrogen) atoms. The van der Waals surface area contributed by atoms with Gasteiger partial charge in [-0.3, -0.25) is 4.90 Å². The van der Waals surface area contributed by atoms with Crippen molar-refractivity contribution in [3.8, 4) is 0 Å². The summed E-state index contributed by atoms with van der Waals surface area (Å²) in [6, 6.07) is 2.11. The number of hydrogen-bond donors (Lipinski definition) is 1. The van der Waals surface area contributed by atoms with Crippen molar-refractivity contribution < 1.29 is 9.63 Å². The van der Waals surface area contributed by atoms with Crippen molar-refractivity contribution in [2.45, 2.75) is 44.9 Å². The predicted octanol–water partition coefficient (Wildman–Crippen LogP) is 1.41. The molecule has 0 radical (unpaired) electrons. The molecule has 2 rings (SSSR count). The molecule has 0 spiro atoms. The van der Waals surface area contributed by atoms with E-state index in [9.17, 15) is 5.11 Å². The van der Waals surface area contributed by atoms with Crippen LogP contribution in [0.15, 0.2) is 16.9 Å². The molecule has 1 aliphatic rings. The van der Waals surface area contributed by atoms with Crippen LogP contribution in [0, 0.1) is 0 Å². The molecular weight excluding hydrogens is 192 g/mol. The first-order valence-electron chi connectivity index (χ1n) is 5.43. The highest BCUT2D eigenvalue weighted by Gasteiger charge is 2.35. The Balaban J connectivity index is 2.03. The monoisotopic (exact) mass is 210 g/mol. The van der Waals surface area contributed by atoms with Crippen LogP contribution in [0.3, 0.4) is 0 Å². The minimum atomic E-state index is -0.639. The van der Waals surface area contributed by atoms with Gasteiger partial charge in [-0.15, -0.1) is 0 Å². The molecule has 1 unspecified atom stereocenters. The summed E-state index contributed by atoms with van der Waals surface area (Å²) in [6.07, 6.45) is 3.79. The van der Waals surface area contributed by atoms with Crippen LogP contribution in [-0.2, 0) is 6.54 Å².